The average molecular weight is 208 g/mol. The monoisotopic (exact) mass is 208 g/mol. The SMILES string of the molecule is CCC1CC(C#N)(N2CCCC2)CCO1. The van der Waals surface area contributed by atoms with Crippen molar-refractivity contribution in [3.63, 3.8) is 0 Å². The first-order valence-electron chi connectivity index (χ1n) is 6.08. The van der Waals surface area contributed by atoms with Crippen molar-refractivity contribution in [3.05, 3.63) is 0 Å². The second-order valence-electron chi connectivity index (χ2n) is 4.69. The zero-order valence-electron chi connectivity index (χ0n) is 9.54. The van der Waals surface area contributed by atoms with Crippen LogP contribution in [-0.2, 0) is 4.74 Å². The Hall–Kier alpha value is -0.590. The fourth-order valence-electron chi connectivity index (χ4n) is 2.80. The molecular weight excluding hydrogens is 188 g/mol. The summed E-state index contributed by atoms with van der Waals surface area (Å²) < 4.78 is 5.67. The molecular formula is C12H20N2O. The Morgan fingerprint density at radius 3 is 2.80 bits per heavy atom. The molecule has 3 nitrogen and oxygen atoms in total. The van der Waals surface area contributed by atoms with Crippen LogP contribution in [0.1, 0.15) is 39.0 Å². The van der Waals surface area contributed by atoms with Gasteiger partial charge in [-0.2, -0.15) is 5.26 Å². The third kappa shape index (κ3) is 2.02. The van der Waals surface area contributed by atoms with Crippen molar-refractivity contribution in [1.82, 2.24) is 4.90 Å². The first kappa shape index (κ1) is 10.9. The first-order chi connectivity index (χ1) is 7.30. The van der Waals surface area contributed by atoms with Crippen LogP contribution in [0, 0.1) is 11.3 Å². The van der Waals surface area contributed by atoms with Crippen LogP contribution in [0.4, 0.5) is 0 Å². The van der Waals surface area contributed by atoms with Crippen LogP contribution in [0.25, 0.3) is 0 Å². The van der Waals surface area contributed by atoms with Crippen LogP contribution in [0.2, 0.25) is 0 Å². The largest absolute Gasteiger partial charge is 0.378 e. The molecule has 2 unspecified atom stereocenters. The van der Waals surface area contributed by atoms with E-state index in [1.165, 1.54) is 12.8 Å². The lowest BCUT2D eigenvalue weighted by atomic mass is 9.85. The predicted octanol–water partition coefficient (Wildman–Crippen LogP) is 1.93. The molecule has 84 valence electrons. The lowest BCUT2D eigenvalue weighted by Gasteiger charge is -2.41. The summed E-state index contributed by atoms with van der Waals surface area (Å²) in [5.74, 6) is 0. The molecule has 2 fully saturated rings. The molecule has 3 heteroatoms. The Bertz CT molecular complexity index is 255. The fourth-order valence-corrected chi connectivity index (χ4v) is 2.80. The molecule has 0 aromatic heterocycles. The number of rotatable bonds is 2. The second-order valence-corrected chi connectivity index (χ2v) is 4.69. The van der Waals surface area contributed by atoms with Crippen molar-refractivity contribution < 1.29 is 4.74 Å². The number of hydrogen-bond donors (Lipinski definition) is 0. The lowest BCUT2D eigenvalue weighted by molar-refractivity contribution is -0.0476. The molecule has 0 N–H and O–H groups in total. The zero-order chi connectivity index (χ0) is 10.7. The Morgan fingerprint density at radius 1 is 1.47 bits per heavy atom. The highest BCUT2D eigenvalue weighted by Crippen LogP contribution is 2.33. The van der Waals surface area contributed by atoms with Gasteiger partial charge in [-0.05, 0) is 32.4 Å². The third-order valence-corrected chi connectivity index (χ3v) is 3.81. The molecule has 0 bridgehead atoms. The topological polar surface area (TPSA) is 36.3 Å². The maximum atomic E-state index is 9.47. The van der Waals surface area contributed by atoms with Crippen LogP contribution in [-0.4, -0.2) is 36.2 Å². The van der Waals surface area contributed by atoms with Crippen molar-refractivity contribution in [2.75, 3.05) is 19.7 Å². The molecule has 0 aromatic rings. The molecule has 2 saturated heterocycles. The Balaban J connectivity index is 2.09. The zero-order valence-corrected chi connectivity index (χ0v) is 9.54. The average Bonchev–Trinajstić information content (AvgIpc) is 2.83. The smallest absolute Gasteiger partial charge is 0.113 e. The van der Waals surface area contributed by atoms with Gasteiger partial charge in [0.15, 0.2) is 0 Å². The number of likely N-dealkylation sites (tertiary alicyclic amines) is 1. The van der Waals surface area contributed by atoms with E-state index < -0.39 is 0 Å². The summed E-state index contributed by atoms with van der Waals surface area (Å²) in [7, 11) is 0. The molecule has 0 amide bonds. The van der Waals surface area contributed by atoms with Gasteiger partial charge in [-0.15, -0.1) is 0 Å². The second kappa shape index (κ2) is 4.51. The summed E-state index contributed by atoms with van der Waals surface area (Å²) in [5, 5.41) is 9.47. The van der Waals surface area contributed by atoms with E-state index in [9.17, 15) is 5.26 Å². The molecule has 2 rings (SSSR count). The minimum atomic E-state index is -0.213. The van der Waals surface area contributed by atoms with E-state index >= 15 is 0 Å². The minimum Gasteiger partial charge on any atom is -0.378 e. The van der Waals surface area contributed by atoms with Gasteiger partial charge >= 0.3 is 0 Å². The third-order valence-electron chi connectivity index (χ3n) is 3.81. The van der Waals surface area contributed by atoms with Gasteiger partial charge in [0.2, 0.25) is 0 Å². The molecule has 2 aliphatic rings. The van der Waals surface area contributed by atoms with Gasteiger partial charge in [-0.3, -0.25) is 4.90 Å². The van der Waals surface area contributed by atoms with Crippen molar-refractivity contribution >= 4 is 0 Å². The van der Waals surface area contributed by atoms with Gasteiger partial charge in [0.25, 0.3) is 0 Å². The molecule has 0 radical (unpaired) electrons. The summed E-state index contributed by atoms with van der Waals surface area (Å²) >= 11 is 0. The maximum absolute atomic E-state index is 9.47. The fraction of sp³-hybridized carbons (Fsp3) is 0.917. The summed E-state index contributed by atoms with van der Waals surface area (Å²) in [4.78, 5) is 2.39. The molecule has 0 spiro atoms. The highest BCUT2D eigenvalue weighted by molar-refractivity contribution is 5.11. The van der Waals surface area contributed by atoms with Crippen LogP contribution < -0.4 is 0 Å². The van der Waals surface area contributed by atoms with Crippen LogP contribution in [0.5, 0.6) is 0 Å². The highest BCUT2D eigenvalue weighted by Gasteiger charge is 2.42. The van der Waals surface area contributed by atoms with E-state index in [1.54, 1.807) is 0 Å². The summed E-state index contributed by atoms with van der Waals surface area (Å²) in [5.41, 5.74) is -0.213. The Morgan fingerprint density at radius 2 is 2.20 bits per heavy atom. The number of ether oxygens (including phenoxy) is 1. The Kier molecular flexibility index (Phi) is 3.28. The molecule has 2 heterocycles. The minimum absolute atomic E-state index is 0.213. The van der Waals surface area contributed by atoms with Gasteiger partial charge < -0.3 is 4.74 Å². The summed E-state index contributed by atoms with van der Waals surface area (Å²) in [6.07, 6.45) is 5.61. The van der Waals surface area contributed by atoms with E-state index in [2.05, 4.69) is 17.9 Å². The van der Waals surface area contributed by atoms with E-state index in [4.69, 9.17) is 4.74 Å². The number of hydrogen-bond acceptors (Lipinski definition) is 3. The number of nitrogens with zero attached hydrogens (tertiary/aromatic N) is 2. The van der Waals surface area contributed by atoms with Crippen LogP contribution in [0.3, 0.4) is 0 Å². The van der Waals surface area contributed by atoms with Crippen molar-refractivity contribution in [1.29, 1.82) is 5.26 Å². The molecule has 2 aliphatic heterocycles. The van der Waals surface area contributed by atoms with Crippen molar-refractivity contribution in [3.8, 4) is 6.07 Å². The van der Waals surface area contributed by atoms with Crippen LogP contribution in [0.15, 0.2) is 0 Å². The summed E-state index contributed by atoms with van der Waals surface area (Å²) in [6.45, 7) is 5.10. The molecule has 15 heavy (non-hydrogen) atoms. The molecule has 0 aromatic carbocycles. The summed E-state index contributed by atoms with van der Waals surface area (Å²) in [6, 6.07) is 2.57. The van der Waals surface area contributed by atoms with E-state index in [-0.39, 0.29) is 5.54 Å². The molecule has 0 aliphatic carbocycles. The Labute approximate surface area is 92.0 Å². The predicted molar refractivity (Wildman–Crippen MR) is 58.4 cm³/mol. The molecule has 0 saturated carbocycles. The van der Waals surface area contributed by atoms with Gasteiger partial charge in [0.1, 0.15) is 5.54 Å². The number of nitriles is 1. The standard InChI is InChI=1S/C12H20N2O/c1-2-11-9-12(10-13,5-8-15-11)14-6-3-4-7-14/h11H,2-9H2,1H3. The van der Waals surface area contributed by atoms with Gasteiger partial charge in [0.05, 0.1) is 12.2 Å². The van der Waals surface area contributed by atoms with Gasteiger partial charge in [-0.25, -0.2) is 0 Å². The quantitative estimate of drug-likeness (QED) is 0.695. The first-order valence-corrected chi connectivity index (χ1v) is 6.08. The lowest BCUT2D eigenvalue weighted by Crippen LogP contribution is -2.52. The van der Waals surface area contributed by atoms with Crippen LogP contribution >= 0.6 is 0 Å². The van der Waals surface area contributed by atoms with E-state index in [0.29, 0.717) is 6.10 Å². The molecule has 2 atom stereocenters. The van der Waals surface area contributed by atoms with Crippen molar-refractivity contribution in [2.45, 2.75) is 50.7 Å². The van der Waals surface area contributed by atoms with E-state index in [0.717, 1.165) is 39.0 Å². The van der Waals surface area contributed by atoms with Gasteiger partial charge in [-0.1, -0.05) is 6.92 Å². The normalized spacial score (nSPS) is 37.7. The van der Waals surface area contributed by atoms with Gasteiger partial charge in [0, 0.05) is 19.4 Å². The van der Waals surface area contributed by atoms with E-state index in [1.807, 2.05) is 0 Å². The highest BCUT2D eigenvalue weighted by atomic mass is 16.5. The van der Waals surface area contributed by atoms with Crippen molar-refractivity contribution in [2.24, 2.45) is 0 Å². The maximum Gasteiger partial charge on any atom is 0.113 e.